The fourth-order valence-corrected chi connectivity index (χ4v) is 3.73. The Morgan fingerprint density at radius 2 is 2.08 bits per heavy atom. The van der Waals surface area contributed by atoms with Crippen LogP contribution in [0, 0.1) is 11.8 Å². The fourth-order valence-electron chi connectivity index (χ4n) is 3.73. The molecule has 25 heavy (non-hydrogen) atoms. The first kappa shape index (κ1) is 17.6. The first-order valence-electron chi connectivity index (χ1n) is 9.09. The molecule has 136 valence electrons. The zero-order valence-electron chi connectivity index (χ0n) is 14.6. The largest absolute Gasteiger partial charge is 0.481 e. The molecule has 2 heterocycles. The van der Waals surface area contributed by atoms with E-state index in [1.54, 1.807) is 4.90 Å². The van der Waals surface area contributed by atoms with Crippen LogP contribution in [0.4, 0.5) is 0 Å². The summed E-state index contributed by atoms with van der Waals surface area (Å²) in [7, 11) is 0. The number of aliphatic carboxylic acids is 1. The van der Waals surface area contributed by atoms with Crippen LogP contribution in [0.2, 0.25) is 0 Å². The first-order chi connectivity index (χ1) is 12.1. The number of amides is 1. The van der Waals surface area contributed by atoms with Crippen molar-refractivity contribution in [2.45, 2.75) is 51.4 Å². The molecule has 1 N–H and O–H groups in total. The lowest BCUT2D eigenvalue weighted by molar-refractivity contribution is -0.151. The Kier molecular flexibility index (Phi) is 5.50. The van der Waals surface area contributed by atoms with Crippen LogP contribution in [0.5, 0.6) is 0 Å². The number of aryl methyl sites for hydroxylation is 1. The molecule has 0 aromatic carbocycles. The molecular weight excluding hydrogens is 322 g/mol. The van der Waals surface area contributed by atoms with Gasteiger partial charge >= 0.3 is 5.97 Å². The number of hydrogen-bond acceptors (Lipinski definition) is 5. The number of carbonyl (C=O) groups is 2. The second-order valence-electron chi connectivity index (χ2n) is 6.92. The van der Waals surface area contributed by atoms with Crippen LogP contribution >= 0.6 is 0 Å². The van der Waals surface area contributed by atoms with Gasteiger partial charge in [0.15, 0.2) is 5.82 Å². The molecule has 7 heteroatoms. The minimum Gasteiger partial charge on any atom is -0.481 e. The summed E-state index contributed by atoms with van der Waals surface area (Å²) in [5.74, 6) is -0.703. The van der Waals surface area contributed by atoms with E-state index in [-0.39, 0.29) is 11.8 Å². The smallest absolute Gasteiger partial charge is 0.307 e. The fraction of sp³-hybridized carbons (Fsp3) is 0.667. The van der Waals surface area contributed by atoms with Gasteiger partial charge in [-0.1, -0.05) is 24.2 Å². The van der Waals surface area contributed by atoms with E-state index in [1.807, 2.05) is 12.2 Å². The van der Waals surface area contributed by atoms with Gasteiger partial charge in [0.25, 0.3) is 0 Å². The summed E-state index contributed by atoms with van der Waals surface area (Å²) >= 11 is 0. The van der Waals surface area contributed by atoms with E-state index in [2.05, 4.69) is 17.1 Å². The molecule has 2 aliphatic rings. The Morgan fingerprint density at radius 3 is 2.80 bits per heavy atom. The standard InChI is InChI=1S/C18H25N3O4/c1-2-6-15-19-16(25-20-15)12-7-5-10-21(11-12)17(22)13-8-3-4-9-14(13)18(23)24/h3-4,12-14H,2,5-11H2,1H3,(H,23,24). The number of carboxylic acid groups (broad SMARTS) is 1. The highest BCUT2D eigenvalue weighted by Gasteiger charge is 2.38. The molecule has 1 aromatic heterocycles. The highest BCUT2D eigenvalue weighted by Crippen LogP contribution is 2.31. The highest BCUT2D eigenvalue weighted by molar-refractivity contribution is 5.85. The molecule has 0 spiro atoms. The third-order valence-electron chi connectivity index (χ3n) is 5.11. The van der Waals surface area contributed by atoms with Crippen molar-refractivity contribution in [3.8, 4) is 0 Å². The van der Waals surface area contributed by atoms with Crippen molar-refractivity contribution >= 4 is 11.9 Å². The van der Waals surface area contributed by atoms with E-state index in [0.29, 0.717) is 37.6 Å². The monoisotopic (exact) mass is 347 g/mol. The summed E-state index contributed by atoms with van der Waals surface area (Å²) in [5.41, 5.74) is 0. The molecule has 3 rings (SSSR count). The summed E-state index contributed by atoms with van der Waals surface area (Å²) in [6.07, 6.45) is 8.21. The molecule has 0 radical (unpaired) electrons. The lowest BCUT2D eigenvalue weighted by Crippen LogP contribution is -2.45. The number of nitrogens with zero attached hydrogens (tertiary/aromatic N) is 3. The molecule has 1 saturated heterocycles. The predicted octanol–water partition coefficient (Wildman–Crippen LogP) is 2.40. The van der Waals surface area contributed by atoms with Gasteiger partial charge in [-0.15, -0.1) is 0 Å². The van der Waals surface area contributed by atoms with Crippen molar-refractivity contribution in [1.29, 1.82) is 0 Å². The lowest BCUT2D eigenvalue weighted by Gasteiger charge is -2.35. The van der Waals surface area contributed by atoms with Crippen LogP contribution < -0.4 is 0 Å². The molecule has 1 aliphatic carbocycles. The van der Waals surface area contributed by atoms with Gasteiger partial charge in [-0.05, 0) is 32.1 Å². The molecule has 0 saturated carbocycles. The van der Waals surface area contributed by atoms with Crippen molar-refractivity contribution in [2.75, 3.05) is 13.1 Å². The van der Waals surface area contributed by atoms with Gasteiger partial charge < -0.3 is 14.5 Å². The van der Waals surface area contributed by atoms with Gasteiger partial charge in [-0.2, -0.15) is 4.98 Å². The quantitative estimate of drug-likeness (QED) is 0.822. The Balaban J connectivity index is 1.68. The molecule has 1 aliphatic heterocycles. The van der Waals surface area contributed by atoms with Crippen LogP contribution in [-0.2, 0) is 16.0 Å². The van der Waals surface area contributed by atoms with Crippen LogP contribution in [0.25, 0.3) is 0 Å². The zero-order chi connectivity index (χ0) is 17.8. The number of hydrogen-bond donors (Lipinski definition) is 1. The molecule has 3 unspecified atom stereocenters. The summed E-state index contributed by atoms with van der Waals surface area (Å²) in [6.45, 7) is 3.26. The molecule has 3 atom stereocenters. The number of likely N-dealkylation sites (tertiary alicyclic amines) is 1. The van der Waals surface area contributed by atoms with Crippen molar-refractivity contribution in [3.05, 3.63) is 23.9 Å². The summed E-state index contributed by atoms with van der Waals surface area (Å²) in [5, 5.41) is 13.4. The SMILES string of the molecule is CCCc1noc(C2CCCN(C(=O)C3CC=CCC3C(=O)O)C2)n1. The average molecular weight is 347 g/mol. The molecule has 0 bridgehead atoms. The van der Waals surface area contributed by atoms with Crippen molar-refractivity contribution in [3.63, 3.8) is 0 Å². The second-order valence-corrected chi connectivity index (χ2v) is 6.92. The van der Waals surface area contributed by atoms with Gasteiger partial charge in [0.2, 0.25) is 11.8 Å². The van der Waals surface area contributed by atoms with E-state index in [1.165, 1.54) is 0 Å². The molecular formula is C18H25N3O4. The molecule has 1 amide bonds. The second kappa shape index (κ2) is 7.80. The van der Waals surface area contributed by atoms with Crippen LogP contribution in [0.15, 0.2) is 16.7 Å². The lowest BCUT2D eigenvalue weighted by atomic mass is 9.81. The van der Waals surface area contributed by atoms with Gasteiger partial charge in [-0.25, -0.2) is 0 Å². The number of carboxylic acids is 1. The van der Waals surface area contributed by atoms with Crippen molar-refractivity contribution in [2.24, 2.45) is 11.8 Å². The predicted molar refractivity (Wildman–Crippen MR) is 89.8 cm³/mol. The maximum absolute atomic E-state index is 12.9. The highest BCUT2D eigenvalue weighted by atomic mass is 16.5. The van der Waals surface area contributed by atoms with E-state index >= 15 is 0 Å². The van der Waals surface area contributed by atoms with Gasteiger partial charge in [0.05, 0.1) is 17.8 Å². The Morgan fingerprint density at radius 1 is 1.32 bits per heavy atom. The summed E-state index contributed by atoms with van der Waals surface area (Å²) in [4.78, 5) is 30.6. The number of aromatic nitrogens is 2. The van der Waals surface area contributed by atoms with E-state index in [4.69, 9.17) is 4.52 Å². The normalized spacial score (nSPS) is 26.6. The maximum Gasteiger partial charge on any atom is 0.307 e. The average Bonchev–Trinajstić information content (AvgIpc) is 3.10. The topological polar surface area (TPSA) is 96.5 Å². The van der Waals surface area contributed by atoms with Gasteiger partial charge in [-0.3, -0.25) is 9.59 Å². The Labute approximate surface area is 147 Å². The minimum absolute atomic E-state index is 0.0400. The Bertz CT molecular complexity index is 655. The van der Waals surface area contributed by atoms with Gasteiger partial charge in [0, 0.05) is 19.5 Å². The number of piperidine rings is 1. The number of carbonyl (C=O) groups excluding carboxylic acids is 1. The number of allylic oxidation sites excluding steroid dienone is 2. The maximum atomic E-state index is 12.9. The van der Waals surface area contributed by atoms with Crippen molar-refractivity contribution in [1.82, 2.24) is 15.0 Å². The van der Waals surface area contributed by atoms with Gasteiger partial charge in [0.1, 0.15) is 0 Å². The summed E-state index contributed by atoms with van der Waals surface area (Å²) in [6, 6.07) is 0. The van der Waals surface area contributed by atoms with Crippen LogP contribution in [-0.4, -0.2) is 45.1 Å². The molecule has 7 nitrogen and oxygen atoms in total. The number of rotatable bonds is 5. The first-order valence-corrected chi connectivity index (χ1v) is 9.09. The van der Waals surface area contributed by atoms with Crippen LogP contribution in [0.1, 0.15) is 56.7 Å². The molecule has 1 fully saturated rings. The third kappa shape index (κ3) is 3.91. The van der Waals surface area contributed by atoms with Crippen molar-refractivity contribution < 1.29 is 19.2 Å². The zero-order valence-corrected chi connectivity index (χ0v) is 14.6. The van der Waals surface area contributed by atoms with E-state index < -0.39 is 17.8 Å². The minimum atomic E-state index is -0.891. The molecule has 1 aromatic rings. The third-order valence-corrected chi connectivity index (χ3v) is 5.11. The summed E-state index contributed by atoms with van der Waals surface area (Å²) < 4.78 is 5.39. The van der Waals surface area contributed by atoms with E-state index in [9.17, 15) is 14.7 Å². The van der Waals surface area contributed by atoms with Crippen LogP contribution in [0.3, 0.4) is 0 Å². The Hall–Kier alpha value is -2.18. The van der Waals surface area contributed by atoms with E-state index in [0.717, 1.165) is 25.7 Å².